The number of thioether (sulfide) groups is 1. The van der Waals surface area contributed by atoms with Crippen LogP contribution in [0.15, 0.2) is 47.6 Å². The van der Waals surface area contributed by atoms with Crippen LogP contribution in [-0.4, -0.2) is 41.3 Å². The summed E-state index contributed by atoms with van der Waals surface area (Å²) in [6.45, 7) is 2.71. The minimum atomic E-state index is -0.498. The SMILES string of the molecule is CCCOc1ccc2[nH]c(SCC(=O)Nc3ccccc3C(=O)OC)nc2c1. The number of carbonyl (C=O) groups is 2. The summed E-state index contributed by atoms with van der Waals surface area (Å²) >= 11 is 1.28. The molecule has 1 heterocycles. The van der Waals surface area contributed by atoms with Crippen molar-refractivity contribution in [3.05, 3.63) is 48.0 Å². The first-order valence-electron chi connectivity index (χ1n) is 8.83. The highest BCUT2D eigenvalue weighted by molar-refractivity contribution is 7.99. The number of rotatable bonds is 8. The number of hydrogen-bond donors (Lipinski definition) is 2. The molecule has 0 atom stereocenters. The van der Waals surface area contributed by atoms with Gasteiger partial charge in [0.15, 0.2) is 5.16 Å². The van der Waals surface area contributed by atoms with E-state index in [0.717, 1.165) is 23.2 Å². The van der Waals surface area contributed by atoms with Crippen molar-refractivity contribution in [2.45, 2.75) is 18.5 Å². The first-order chi connectivity index (χ1) is 13.6. The van der Waals surface area contributed by atoms with E-state index < -0.39 is 5.97 Å². The van der Waals surface area contributed by atoms with E-state index in [1.54, 1.807) is 24.3 Å². The van der Waals surface area contributed by atoms with Crippen molar-refractivity contribution in [2.75, 3.05) is 24.8 Å². The Morgan fingerprint density at radius 3 is 2.82 bits per heavy atom. The summed E-state index contributed by atoms with van der Waals surface area (Å²) in [6.07, 6.45) is 0.938. The molecule has 0 radical (unpaired) electrons. The normalized spacial score (nSPS) is 10.6. The zero-order valence-electron chi connectivity index (χ0n) is 15.7. The largest absolute Gasteiger partial charge is 0.494 e. The van der Waals surface area contributed by atoms with Crippen LogP contribution in [0.3, 0.4) is 0 Å². The van der Waals surface area contributed by atoms with Gasteiger partial charge in [0.1, 0.15) is 5.75 Å². The second-order valence-corrected chi connectivity index (χ2v) is 6.91. The Bertz CT molecular complexity index is 986. The maximum atomic E-state index is 12.3. The van der Waals surface area contributed by atoms with Gasteiger partial charge in [0.05, 0.1) is 41.8 Å². The molecule has 7 nitrogen and oxygen atoms in total. The third kappa shape index (κ3) is 4.83. The average Bonchev–Trinajstić information content (AvgIpc) is 3.12. The minimum absolute atomic E-state index is 0.147. The van der Waals surface area contributed by atoms with Crippen molar-refractivity contribution >= 4 is 40.4 Å². The number of methoxy groups -OCH3 is 1. The fraction of sp³-hybridized carbons (Fsp3) is 0.250. The van der Waals surface area contributed by atoms with E-state index in [2.05, 4.69) is 22.2 Å². The van der Waals surface area contributed by atoms with E-state index in [-0.39, 0.29) is 11.7 Å². The van der Waals surface area contributed by atoms with E-state index >= 15 is 0 Å². The van der Waals surface area contributed by atoms with Gasteiger partial charge in [-0.1, -0.05) is 30.8 Å². The van der Waals surface area contributed by atoms with Crippen molar-refractivity contribution in [1.29, 1.82) is 0 Å². The van der Waals surface area contributed by atoms with Crippen LogP contribution in [0.25, 0.3) is 11.0 Å². The molecular weight excluding hydrogens is 378 g/mol. The van der Waals surface area contributed by atoms with Gasteiger partial charge in [0, 0.05) is 6.07 Å². The quantitative estimate of drug-likeness (QED) is 0.441. The lowest BCUT2D eigenvalue weighted by Gasteiger charge is -2.08. The fourth-order valence-corrected chi connectivity index (χ4v) is 3.23. The lowest BCUT2D eigenvalue weighted by molar-refractivity contribution is -0.113. The van der Waals surface area contributed by atoms with E-state index in [1.807, 2.05) is 18.2 Å². The molecule has 1 aromatic heterocycles. The van der Waals surface area contributed by atoms with Crippen LogP contribution in [0.5, 0.6) is 5.75 Å². The summed E-state index contributed by atoms with van der Waals surface area (Å²) in [6, 6.07) is 12.4. The van der Waals surface area contributed by atoms with Crippen LogP contribution in [0, 0.1) is 0 Å². The number of esters is 1. The van der Waals surface area contributed by atoms with Gasteiger partial charge in [-0.15, -0.1) is 0 Å². The van der Waals surface area contributed by atoms with Crippen LogP contribution < -0.4 is 10.1 Å². The topological polar surface area (TPSA) is 93.3 Å². The highest BCUT2D eigenvalue weighted by atomic mass is 32.2. The molecule has 0 aliphatic rings. The first-order valence-corrected chi connectivity index (χ1v) is 9.82. The molecule has 0 saturated carbocycles. The standard InChI is InChI=1S/C20H21N3O4S/c1-3-10-27-13-8-9-16-17(11-13)23-20(22-16)28-12-18(24)21-15-7-5-4-6-14(15)19(25)26-2/h4-9,11H,3,10,12H2,1-2H3,(H,21,24)(H,22,23). The number of fused-ring (bicyclic) bond motifs is 1. The third-order valence-corrected chi connectivity index (χ3v) is 4.73. The Morgan fingerprint density at radius 2 is 2.04 bits per heavy atom. The zero-order valence-corrected chi connectivity index (χ0v) is 16.5. The number of carbonyl (C=O) groups excluding carboxylic acids is 2. The van der Waals surface area contributed by atoms with Gasteiger partial charge < -0.3 is 19.8 Å². The smallest absolute Gasteiger partial charge is 0.339 e. The molecule has 3 rings (SSSR count). The minimum Gasteiger partial charge on any atom is -0.494 e. The molecule has 28 heavy (non-hydrogen) atoms. The van der Waals surface area contributed by atoms with E-state index in [1.165, 1.54) is 18.9 Å². The number of anilines is 1. The van der Waals surface area contributed by atoms with Crippen molar-refractivity contribution < 1.29 is 19.1 Å². The molecule has 0 spiro atoms. The Balaban J connectivity index is 1.62. The maximum Gasteiger partial charge on any atom is 0.339 e. The first kappa shape index (κ1) is 19.8. The molecule has 2 aromatic carbocycles. The molecule has 0 fully saturated rings. The number of aromatic amines is 1. The molecule has 0 unspecified atom stereocenters. The van der Waals surface area contributed by atoms with Gasteiger partial charge >= 0.3 is 5.97 Å². The summed E-state index contributed by atoms with van der Waals surface area (Å²) in [5.74, 6) is 0.180. The Hall–Kier alpha value is -3.00. The van der Waals surface area contributed by atoms with Crippen molar-refractivity contribution in [3.8, 4) is 5.75 Å². The molecule has 146 valence electrons. The maximum absolute atomic E-state index is 12.3. The highest BCUT2D eigenvalue weighted by Crippen LogP contribution is 2.24. The summed E-state index contributed by atoms with van der Waals surface area (Å²) < 4.78 is 10.3. The van der Waals surface area contributed by atoms with Crippen molar-refractivity contribution in [1.82, 2.24) is 9.97 Å². The van der Waals surface area contributed by atoms with Crippen LogP contribution in [0.4, 0.5) is 5.69 Å². The molecule has 1 amide bonds. The summed E-state index contributed by atoms with van der Waals surface area (Å²) in [4.78, 5) is 31.7. The molecule has 3 aromatic rings. The van der Waals surface area contributed by atoms with Gasteiger partial charge in [0.25, 0.3) is 0 Å². The predicted octanol–water partition coefficient (Wildman–Crippen LogP) is 3.87. The lowest BCUT2D eigenvalue weighted by atomic mass is 10.2. The Labute approximate surface area is 166 Å². The zero-order chi connectivity index (χ0) is 19.9. The molecular formula is C20H21N3O4S. The van der Waals surface area contributed by atoms with E-state index in [9.17, 15) is 9.59 Å². The van der Waals surface area contributed by atoms with E-state index in [0.29, 0.717) is 23.0 Å². The molecule has 2 N–H and O–H groups in total. The summed E-state index contributed by atoms with van der Waals surface area (Å²) in [7, 11) is 1.30. The van der Waals surface area contributed by atoms with Crippen LogP contribution in [0.2, 0.25) is 0 Å². The number of H-pyrrole nitrogens is 1. The number of nitrogens with one attached hydrogen (secondary N) is 2. The van der Waals surface area contributed by atoms with E-state index in [4.69, 9.17) is 9.47 Å². The monoisotopic (exact) mass is 399 g/mol. The molecule has 0 saturated heterocycles. The number of amides is 1. The number of benzene rings is 2. The fourth-order valence-electron chi connectivity index (χ4n) is 2.54. The van der Waals surface area contributed by atoms with Crippen molar-refractivity contribution in [2.24, 2.45) is 0 Å². The van der Waals surface area contributed by atoms with Gasteiger partial charge in [-0.05, 0) is 30.7 Å². The van der Waals surface area contributed by atoms with Gasteiger partial charge in [-0.25, -0.2) is 9.78 Å². The molecule has 0 aliphatic heterocycles. The summed E-state index contributed by atoms with van der Waals surface area (Å²) in [5, 5.41) is 3.38. The number of aromatic nitrogens is 2. The van der Waals surface area contributed by atoms with Gasteiger partial charge in [0.2, 0.25) is 5.91 Å². The third-order valence-electron chi connectivity index (χ3n) is 3.85. The number of hydrogen-bond acceptors (Lipinski definition) is 6. The molecule has 0 bridgehead atoms. The second kappa shape index (κ2) is 9.27. The van der Waals surface area contributed by atoms with Crippen LogP contribution in [-0.2, 0) is 9.53 Å². The Morgan fingerprint density at radius 1 is 1.21 bits per heavy atom. The summed E-state index contributed by atoms with van der Waals surface area (Å²) in [5.41, 5.74) is 2.39. The molecule has 8 heteroatoms. The van der Waals surface area contributed by atoms with Crippen LogP contribution in [0.1, 0.15) is 23.7 Å². The van der Waals surface area contributed by atoms with Gasteiger partial charge in [-0.3, -0.25) is 4.79 Å². The average molecular weight is 399 g/mol. The van der Waals surface area contributed by atoms with Gasteiger partial charge in [-0.2, -0.15) is 0 Å². The number of imidazole rings is 1. The van der Waals surface area contributed by atoms with Crippen molar-refractivity contribution in [3.63, 3.8) is 0 Å². The van der Waals surface area contributed by atoms with Crippen LogP contribution >= 0.6 is 11.8 Å². The molecule has 0 aliphatic carbocycles. The Kier molecular flexibility index (Phi) is 6.54. The number of para-hydroxylation sites is 1. The highest BCUT2D eigenvalue weighted by Gasteiger charge is 2.14. The number of ether oxygens (including phenoxy) is 2. The number of nitrogens with zero attached hydrogens (tertiary/aromatic N) is 1. The second-order valence-electron chi connectivity index (χ2n) is 5.94. The lowest BCUT2D eigenvalue weighted by Crippen LogP contribution is -2.17. The predicted molar refractivity (Wildman–Crippen MR) is 109 cm³/mol.